The summed E-state index contributed by atoms with van der Waals surface area (Å²) in [7, 11) is 0. The van der Waals surface area contributed by atoms with Gasteiger partial charge in [0.1, 0.15) is 6.10 Å². The van der Waals surface area contributed by atoms with Crippen molar-refractivity contribution in [3.05, 3.63) is 36.5 Å². The lowest BCUT2D eigenvalue weighted by Gasteiger charge is -2.24. The molecular weight excluding hydrogens is 803 g/mol. The lowest BCUT2D eigenvalue weighted by Crippen LogP contribution is -2.46. The zero-order valence-electron chi connectivity index (χ0n) is 43.6. The summed E-state index contributed by atoms with van der Waals surface area (Å²) in [5.74, 6) is -0.513. The van der Waals surface area contributed by atoms with Crippen molar-refractivity contribution < 1.29 is 24.5 Å². The maximum absolute atomic E-state index is 13.2. The molecule has 0 aromatic heterocycles. The molecule has 3 unspecified atom stereocenters. The van der Waals surface area contributed by atoms with Crippen LogP contribution in [0.5, 0.6) is 0 Å². The van der Waals surface area contributed by atoms with E-state index in [2.05, 4.69) is 62.5 Å². The Morgan fingerprint density at radius 1 is 0.446 bits per heavy atom. The van der Waals surface area contributed by atoms with Gasteiger partial charge in [0.15, 0.2) is 0 Å². The van der Waals surface area contributed by atoms with E-state index >= 15 is 0 Å². The van der Waals surface area contributed by atoms with E-state index in [1.807, 2.05) is 0 Å². The van der Waals surface area contributed by atoms with E-state index < -0.39 is 18.2 Å². The van der Waals surface area contributed by atoms with Crippen molar-refractivity contribution in [3.63, 3.8) is 0 Å². The number of aliphatic hydroxyl groups excluding tert-OH is 2. The van der Waals surface area contributed by atoms with Crippen LogP contribution in [0.25, 0.3) is 0 Å². The zero-order valence-corrected chi connectivity index (χ0v) is 43.6. The summed E-state index contributed by atoms with van der Waals surface area (Å²) in [4.78, 5) is 26.2. The van der Waals surface area contributed by atoms with E-state index in [-0.39, 0.29) is 24.9 Å². The standard InChI is InChI=1S/C59H111NO5/c1-4-7-10-13-16-19-22-25-28-29-31-34-37-40-43-46-49-52-59(64)65-55(50-47-44-41-38-35-32-27-24-21-18-15-12-9-6-3)53-58(63)60-56(54-61)57(62)51-48-45-42-39-36-33-30-26-23-20-17-14-11-8-5-2/h25,28,32,35,38,41,55-57,61-62H,4-24,26-27,29-31,33-34,36-37,39-40,42-54H2,1-3H3,(H,60,63)/b28-25+,35-32+,41-38+. The van der Waals surface area contributed by atoms with Gasteiger partial charge in [0, 0.05) is 6.42 Å². The second kappa shape index (κ2) is 53.0. The molecule has 0 spiro atoms. The van der Waals surface area contributed by atoms with Crippen molar-refractivity contribution >= 4 is 11.9 Å². The average Bonchev–Trinajstić information content (AvgIpc) is 3.30. The van der Waals surface area contributed by atoms with Crippen molar-refractivity contribution in [2.24, 2.45) is 0 Å². The van der Waals surface area contributed by atoms with Gasteiger partial charge in [-0.2, -0.15) is 0 Å². The van der Waals surface area contributed by atoms with Gasteiger partial charge in [0.2, 0.25) is 5.91 Å². The van der Waals surface area contributed by atoms with Crippen LogP contribution in [0.4, 0.5) is 0 Å². The number of ether oxygens (including phenoxy) is 1. The summed E-state index contributed by atoms with van der Waals surface area (Å²) in [6, 6.07) is -0.715. The molecule has 0 bridgehead atoms. The van der Waals surface area contributed by atoms with Gasteiger partial charge in [-0.3, -0.25) is 9.59 Å². The molecule has 0 aromatic rings. The fourth-order valence-corrected chi connectivity index (χ4v) is 8.84. The predicted octanol–water partition coefficient (Wildman–Crippen LogP) is 17.6. The number of esters is 1. The average molecular weight is 915 g/mol. The van der Waals surface area contributed by atoms with Gasteiger partial charge >= 0.3 is 5.97 Å². The number of unbranched alkanes of at least 4 members (excludes halogenated alkanes) is 35. The van der Waals surface area contributed by atoms with E-state index in [0.29, 0.717) is 19.3 Å². The van der Waals surface area contributed by atoms with Crippen molar-refractivity contribution in [3.8, 4) is 0 Å². The van der Waals surface area contributed by atoms with Crippen molar-refractivity contribution in [2.45, 2.75) is 322 Å². The van der Waals surface area contributed by atoms with E-state index in [1.54, 1.807) is 0 Å². The second-order valence-corrected chi connectivity index (χ2v) is 19.7. The highest BCUT2D eigenvalue weighted by molar-refractivity contribution is 5.77. The third-order valence-electron chi connectivity index (χ3n) is 13.2. The second-order valence-electron chi connectivity index (χ2n) is 19.7. The Hall–Kier alpha value is -1.92. The molecule has 0 aromatic carbocycles. The molecule has 0 aliphatic rings. The fourth-order valence-electron chi connectivity index (χ4n) is 8.84. The Bertz CT molecular complexity index is 1070. The molecule has 382 valence electrons. The Labute approximate surface area is 404 Å². The van der Waals surface area contributed by atoms with E-state index in [1.165, 1.54) is 199 Å². The molecule has 1 amide bonds. The Morgan fingerprint density at radius 2 is 0.800 bits per heavy atom. The lowest BCUT2D eigenvalue weighted by atomic mass is 10.0. The maximum atomic E-state index is 13.2. The summed E-state index contributed by atoms with van der Waals surface area (Å²) < 4.78 is 5.93. The third-order valence-corrected chi connectivity index (χ3v) is 13.2. The summed E-state index contributed by atoms with van der Waals surface area (Å²) >= 11 is 0. The Kier molecular flexibility index (Phi) is 51.5. The van der Waals surface area contributed by atoms with E-state index in [4.69, 9.17) is 4.74 Å². The SMILES string of the molecule is CCCCCCCC/C=C/CCCCCCCCCC(=O)OC(CCC/C=C/C=C/CCCCCCCCC)CC(=O)NC(CO)C(O)CCCCCCCCCCCCCCCCC. The van der Waals surface area contributed by atoms with Crippen molar-refractivity contribution in [1.82, 2.24) is 5.32 Å². The molecule has 0 heterocycles. The molecule has 3 N–H and O–H groups in total. The topological polar surface area (TPSA) is 95.9 Å². The third kappa shape index (κ3) is 48.3. The number of rotatable bonds is 52. The smallest absolute Gasteiger partial charge is 0.306 e. The number of hydrogen-bond donors (Lipinski definition) is 3. The van der Waals surface area contributed by atoms with Gasteiger partial charge in [-0.1, -0.05) is 256 Å². The zero-order chi connectivity index (χ0) is 47.4. The molecular formula is C59H111NO5. The van der Waals surface area contributed by atoms with E-state index in [9.17, 15) is 19.8 Å². The normalized spacial score (nSPS) is 13.4. The Morgan fingerprint density at radius 3 is 1.22 bits per heavy atom. The number of nitrogens with one attached hydrogen (secondary N) is 1. The molecule has 0 aliphatic heterocycles. The summed E-state index contributed by atoms with van der Waals surface area (Å²) in [5, 5.41) is 23.8. The number of amides is 1. The van der Waals surface area contributed by atoms with Gasteiger partial charge in [-0.15, -0.1) is 0 Å². The first-order valence-corrected chi connectivity index (χ1v) is 28.7. The quantitative estimate of drug-likeness (QED) is 0.0244. The number of allylic oxidation sites excluding steroid dienone is 6. The van der Waals surface area contributed by atoms with Crippen LogP contribution in [0.2, 0.25) is 0 Å². The van der Waals surface area contributed by atoms with Gasteiger partial charge in [-0.05, 0) is 70.6 Å². The molecule has 0 saturated carbocycles. The van der Waals surface area contributed by atoms with Crippen LogP contribution in [-0.2, 0) is 14.3 Å². The van der Waals surface area contributed by atoms with Crippen LogP contribution in [0.3, 0.4) is 0 Å². The summed E-state index contributed by atoms with van der Waals surface area (Å²) in [6.45, 7) is 6.49. The van der Waals surface area contributed by atoms with Crippen LogP contribution in [0.1, 0.15) is 303 Å². The first-order valence-electron chi connectivity index (χ1n) is 28.7. The number of carbonyl (C=O) groups is 2. The molecule has 65 heavy (non-hydrogen) atoms. The molecule has 0 saturated heterocycles. The summed E-state index contributed by atoms with van der Waals surface area (Å²) in [6.07, 6.45) is 63.6. The van der Waals surface area contributed by atoms with Crippen LogP contribution < -0.4 is 5.32 Å². The molecule has 3 atom stereocenters. The number of carbonyl (C=O) groups excluding carboxylic acids is 2. The molecule has 0 fully saturated rings. The van der Waals surface area contributed by atoms with Crippen LogP contribution in [0, 0.1) is 0 Å². The van der Waals surface area contributed by atoms with Crippen molar-refractivity contribution in [2.75, 3.05) is 6.61 Å². The number of aliphatic hydroxyl groups is 2. The minimum absolute atomic E-state index is 0.0458. The van der Waals surface area contributed by atoms with Gasteiger partial charge in [-0.25, -0.2) is 0 Å². The fraction of sp³-hybridized carbons (Fsp3) is 0.864. The highest BCUT2D eigenvalue weighted by Gasteiger charge is 2.24. The lowest BCUT2D eigenvalue weighted by molar-refractivity contribution is -0.151. The predicted molar refractivity (Wildman–Crippen MR) is 282 cm³/mol. The van der Waals surface area contributed by atoms with Gasteiger partial charge in [0.05, 0.1) is 25.2 Å². The monoisotopic (exact) mass is 914 g/mol. The minimum Gasteiger partial charge on any atom is -0.462 e. The number of hydrogen-bond acceptors (Lipinski definition) is 5. The van der Waals surface area contributed by atoms with Gasteiger partial charge in [0.25, 0.3) is 0 Å². The Balaban J connectivity index is 4.58. The van der Waals surface area contributed by atoms with Crippen LogP contribution in [-0.4, -0.2) is 46.9 Å². The summed E-state index contributed by atoms with van der Waals surface area (Å²) in [5.41, 5.74) is 0. The molecule has 6 heteroatoms. The largest absolute Gasteiger partial charge is 0.462 e. The van der Waals surface area contributed by atoms with Gasteiger partial charge < -0.3 is 20.3 Å². The molecule has 0 radical (unpaired) electrons. The van der Waals surface area contributed by atoms with Crippen LogP contribution >= 0.6 is 0 Å². The first kappa shape index (κ1) is 63.1. The van der Waals surface area contributed by atoms with Crippen LogP contribution in [0.15, 0.2) is 36.5 Å². The van der Waals surface area contributed by atoms with E-state index in [0.717, 1.165) is 57.8 Å². The molecule has 0 aliphatic carbocycles. The molecule has 0 rings (SSSR count). The first-order chi connectivity index (χ1) is 32.0. The molecule has 6 nitrogen and oxygen atoms in total. The maximum Gasteiger partial charge on any atom is 0.306 e. The highest BCUT2D eigenvalue weighted by atomic mass is 16.5. The van der Waals surface area contributed by atoms with Crippen molar-refractivity contribution in [1.29, 1.82) is 0 Å². The minimum atomic E-state index is -0.799. The highest BCUT2D eigenvalue weighted by Crippen LogP contribution is 2.18.